The standard InChI is InChI=1S/C24H26N6O5S/c1-13(2)36(25,34)15-9-10-17(26-12-15)16-5-4-6-18(22(16)35-3)27-19-11-20(28-23(31)14-7-8-14)29-30-21(19)24(32)33/h4-6,9-14,25H,7-8H2,1-3H3,(H,32,33)(H2,27,28,29,31). The van der Waals surface area contributed by atoms with E-state index < -0.39 is 15.7 Å². The zero-order valence-electron chi connectivity index (χ0n) is 19.9. The number of rotatable bonds is 9. The Kier molecular flexibility index (Phi) is 6.88. The molecule has 1 aliphatic carbocycles. The number of ether oxygens (including phenoxy) is 1. The quantitative estimate of drug-likeness (QED) is 0.330. The first-order chi connectivity index (χ1) is 17.1. The molecule has 3 aromatic rings. The topological polar surface area (TPSA) is 167 Å². The minimum absolute atomic E-state index is 0.0537. The van der Waals surface area contributed by atoms with Crippen LogP contribution < -0.4 is 15.4 Å². The summed E-state index contributed by atoms with van der Waals surface area (Å²) in [5.74, 6) is -1.01. The lowest BCUT2D eigenvalue weighted by atomic mass is 10.1. The molecule has 0 bridgehead atoms. The summed E-state index contributed by atoms with van der Waals surface area (Å²) in [7, 11) is -1.50. The number of benzene rings is 1. The minimum Gasteiger partial charge on any atom is -0.494 e. The molecule has 0 aliphatic heterocycles. The van der Waals surface area contributed by atoms with E-state index in [0.29, 0.717) is 27.6 Å². The molecule has 1 aromatic carbocycles. The lowest BCUT2D eigenvalue weighted by molar-refractivity contribution is -0.117. The van der Waals surface area contributed by atoms with E-state index in [1.165, 1.54) is 19.4 Å². The molecule has 0 spiro atoms. The van der Waals surface area contributed by atoms with Crippen molar-refractivity contribution in [2.45, 2.75) is 36.8 Å². The molecule has 0 saturated heterocycles. The van der Waals surface area contributed by atoms with Crippen LogP contribution in [-0.2, 0) is 14.5 Å². The number of amides is 1. The van der Waals surface area contributed by atoms with Crippen molar-refractivity contribution in [3.8, 4) is 17.0 Å². The van der Waals surface area contributed by atoms with Crippen molar-refractivity contribution in [1.82, 2.24) is 15.2 Å². The first-order valence-electron chi connectivity index (χ1n) is 11.2. The monoisotopic (exact) mass is 510 g/mol. The van der Waals surface area contributed by atoms with Crippen LogP contribution in [0.4, 0.5) is 17.2 Å². The highest BCUT2D eigenvalue weighted by Crippen LogP contribution is 2.38. The van der Waals surface area contributed by atoms with Gasteiger partial charge in [-0.3, -0.25) is 9.78 Å². The molecule has 2 heterocycles. The SMILES string of the molecule is COc1c(Nc2cc(NC(=O)C3CC3)nnc2C(=O)O)cccc1-c1ccc(S(=N)(=O)C(C)C)cn1. The molecule has 4 N–H and O–H groups in total. The Bertz CT molecular complexity index is 1420. The predicted molar refractivity (Wildman–Crippen MR) is 134 cm³/mol. The summed E-state index contributed by atoms with van der Waals surface area (Å²) in [6, 6.07) is 9.89. The van der Waals surface area contributed by atoms with E-state index >= 15 is 0 Å². The van der Waals surface area contributed by atoms with Gasteiger partial charge in [0.2, 0.25) is 5.91 Å². The number of methoxy groups -OCH3 is 1. The smallest absolute Gasteiger partial charge is 0.358 e. The third kappa shape index (κ3) is 5.13. The van der Waals surface area contributed by atoms with Crippen molar-refractivity contribution in [3.63, 3.8) is 0 Å². The molecule has 1 saturated carbocycles. The van der Waals surface area contributed by atoms with Gasteiger partial charge in [0.15, 0.2) is 17.3 Å². The van der Waals surface area contributed by atoms with E-state index in [1.807, 2.05) is 0 Å². The van der Waals surface area contributed by atoms with E-state index in [-0.39, 0.29) is 34.3 Å². The van der Waals surface area contributed by atoms with Crippen LogP contribution in [0, 0.1) is 10.7 Å². The summed E-state index contributed by atoms with van der Waals surface area (Å²) >= 11 is 0. The van der Waals surface area contributed by atoms with Crippen molar-refractivity contribution in [2.24, 2.45) is 5.92 Å². The Balaban J connectivity index is 1.69. The number of anilines is 3. The fourth-order valence-electron chi connectivity index (χ4n) is 3.47. The number of hydrogen-bond acceptors (Lipinski definition) is 9. The molecule has 36 heavy (non-hydrogen) atoms. The number of carbonyl (C=O) groups is 2. The fourth-order valence-corrected chi connectivity index (χ4v) is 4.50. The molecular formula is C24H26N6O5S. The molecule has 1 fully saturated rings. The summed E-state index contributed by atoms with van der Waals surface area (Å²) in [5.41, 5.74) is 1.34. The van der Waals surface area contributed by atoms with Gasteiger partial charge < -0.3 is 20.5 Å². The number of nitrogens with one attached hydrogen (secondary N) is 3. The average molecular weight is 511 g/mol. The number of aromatic nitrogens is 3. The third-order valence-electron chi connectivity index (χ3n) is 5.71. The van der Waals surface area contributed by atoms with Crippen LogP contribution in [0.1, 0.15) is 37.2 Å². The van der Waals surface area contributed by atoms with Gasteiger partial charge in [-0.05, 0) is 51.0 Å². The highest BCUT2D eigenvalue weighted by molar-refractivity contribution is 7.93. The van der Waals surface area contributed by atoms with Crippen LogP contribution >= 0.6 is 0 Å². The molecule has 1 unspecified atom stereocenters. The van der Waals surface area contributed by atoms with Gasteiger partial charge in [-0.25, -0.2) is 13.8 Å². The second kappa shape index (κ2) is 9.90. The van der Waals surface area contributed by atoms with E-state index in [0.717, 1.165) is 12.8 Å². The van der Waals surface area contributed by atoms with Crippen LogP contribution in [0.15, 0.2) is 47.5 Å². The first kappa shape index (κ1) is 25.0. The van der Waals surface area contributed by atoms with Gasteiger partial charge in [0.1, 0.15) is 0 Å². The lowest BCUT2D eigenvalue weighted by Gasteiger charge is -2.17. The summed E-state index contributed by atoms with van der Waals surface area (Å²) in [4.78, 5) is 28.6. The second-order valence-electron chi connectivity index (χ2n) is 8.60. The largest absolute Gasteiger partial charge is 0.494 e. The molecule has 1 aliphatic rings. The van der Waals surface area contributed by atoms with Gasteiger partial charge in [0.25, 0.3) is 0 Å². The van der Waals surface area contributed by atoms with Crippen LogP contribution in [-0.4, -0.2) is 48.7 Å². The van der Waals surface area contributed by atoms with Gasteiger partial charge >= 0.3 is 5.97 Å². The maximum Gasteiger partial charge on any atom is 0.358 e. The molecule has 4 rings (SSSR count). The summed E-state index contributed by atoms with van der Waals surface area (Å²) in [5, 5.41) is 22.5. The van der Waals surface area contributed by atoms with E-state index in [2.05, 4.69) is 25.8 Å². The Morgan fingerprint density at radius 3 is 2.50 bits per heavy atom. The normalized spacial score (nSPS) is 14.7. The second-order valence-corrected chi connectivity index (χ2v) is 11.2. The highest BCUT2D eigenvalue weighted by Gasteiger charge is 2.30. The van der Waals surface area contributed by atoms with Gasteiger partial charge in [0.05, 0.1) is 38.8 Å². The average Bonchev–Trinajstić information content (AvgIpc) is 3.69. The summed E-state index contributed by atoms with van der Waals surface area (Å²) in [6.45, 7) is 3.45. The molecule has 1 atom stereocenters. The number of carboxylic acids is 1. The Labute approximate surface area is 208 Å². The van der Waals surface area contributed by atoms with Gasteiger partial charge in [0, 0.05) is 29.0 Å². The van der Waals surface area contributed by atoms with Crippen LogP contribution in [0.3, 0.4) is 0 Å². The molecule has 2 aromatic heterocycles. The third-order valence-corrected chi connectivity index (χ3v) is 7.98. The minimum atomic E-state index is -2.97. The Hall–Kier alpha value is -4.06. The number of nitrogens with zero attached hydrogens (tertiary/aromatic N) is 3. The van der Waals surface area contributed by atoms with Crippen LogP contribution in [0.2, 0.25) is 0 Å². The van der Waals surface area contributed by atoms with Crippen LogP contribution in [0.5, 0.6) is 5.75 Å². The first-order valence-corrected chi connectivity index (χ1v) is 12.8. The van der Waals surface area contributed by atoms with E-state index in [9.17, 15) is 18.9 Å². The predicted octanol–water partition coefficient (Wildman–Crippen LogP) is 4.15. The fraction of sp³-hybridized carbons (Fsp3) is 0.292. The Morgan fingerprint density at radius 1 is 1.17 bits per heavy atom. The summed E-state index contributed by atoms with van der Waals surface area (Å²) < 4.78 is 26.4. The number of hydrogen-bond donors (Lipinski definition) is 4. The number of carbonyl (C=O) groups excluding carboxylic acids is 1. The van der Waals surface area contributed by atoms with Crippen molar-refractivity contribution in [3.05, 3.63) is 48.3 Å². The van der Waals surface area contributed by atoms with Crippen molar-refractivity contribution < 1.29 is 23.6 Å². The highest BCUT2D eigenvalue weighted by atomic mass is 32.2. The van der Waals surface area contributed by atoms with Crippen molar-refractivity contribution in [2.75, 3.05) is 17.7 Å². The molecule has 12 heteroatoms. The van der Waals surface area contributed by atoms with Crippen molar-refractivity contribution >= 4 is 38.8 Å². The van der Waals surface area contributed by atoms with Crippen molar-refractivity contribution in [1.29, 1.82) is 4.78 Å². The number of aromatic carboxylic acids is 1. The summed E-state index contributed by atoms with van der Waals surface area (Å²) in [6.07, 6.45) is 3.05. The number of carboxylic acid groups (broad SMARTS) is 1. The van der Waals surface area contributed by atoms with E-state index in [4.69, 9.17) is 9.52 Å². The lowest BCUT2D eigenvalue weighted by Crippen LogP contribution is -2.16. The maximum atomic E-state index is 12.6. The molecule has 1 amide bonds. The zero-order chi connectivity index (χ0) is 26.0. The van der Waals surface area contributed by atoms with E-state index in [1.54, 1.807) is 44.2 Å². The van der Waals surface area contributed by atoms with Gasteiger partial charge in [-0.1, -0.05) is 6.07 Å². The van der Waals surface area contributed by atoms with Gasteiger partial charge in [-0.2, -0.15) is 0 Å². The van der Waals surface area contributed by atoms with Gasteiger partial charge in [-0.15, -0.1) is 10.2 Å². The van der Waals surface area contributed by atoms with Crippen LogP contribution in [0.25, 0.3) is 11.3 Å². The molecule has 188 valence electrons. The Morgan fingerprint density at radius 2 is 1.92 bits per heavy atom. The number of para-hydroxylation sites is 1. The molecular weight excluding hydrogens is 484 g/mol. The maximum absolute atomic E-state index is 12.6. The molecule has 11 nitrogen and oxygen atoms in total. The molecule has 0 radical (unpaired) electrons. The zero-order valence-corrected chi connectivity index (χ0v) is 20.8. The number of pyridine rings is 1.